The SMILES string of the molecule is CN=C(NCC(=O)NC1CCCCC1)N(C)Cc1ccc(Br)cc1.I. The van der Waals surface area contributed by atoms with Crippen LogP contribution in [-0.4, -0.2) is 43.4 Å². The minimum absolute atomic E-state index is 0. The molecule has 0 aliphatic heterocycles. The van der Waals surface area contributed by atoms with Crippen molar-refractivity contribution in [3.63, 3.8) is 0 Å². The van der Waals surface area contributed by atoms with Gasteiger partial charge < -0.3 is 15.5 Å². The van der Waals surface area contributed by atoms with Crippen molar-refractivity contribution in [2.24, 2.45) is 4.99 Å². The van der Waals surface area contributed by atoms with Crippen molar-refractivity contribution in [3.8, 4) is 0 Å². The van der Waals surface area contributed by atoms with Gasteiger partial charge in [-0.1, -0.05) is 47.3 Å². The molecule has 0 unspecified atom stereocenters. The normalized spacial score (nSPS) is 15.2. The molecule has 2 rings (SSSR count). The van der Waals surface area contributed by atoms with Gasteiger partial charge in [-0.05, 0) is 30.5 Å². The third kappa shape index (κ3) is 7.94. The summed E-state index contributed by atoms with van der Waals surface area (Å²) in [6.07, 6.45) is 5.93. The van der Waals surface area contributed by atoms with Crippen molar-refractivity contribution in [3.05, 3.63) is 34.3 Å². The summed E-state index contributed by atoms with van der Waals surface area (Å²) in [5.41, 5.74) is 1.19. The monoisotopic (exact) mass is 522 g/mol. The maximum absolute atomic E-state index is 12.1. The molecule has 0 aromatic heterocycles. The lowest BCUT2D eigenvalue weighted by atomic mass is 9.95. The van der Waals surface area contributed by atoms with Crippen LogP contribution in [0.4, 0.5) is 0 Å². The van der Waals surface area contributed by atoms with Crippen LogP contribution in [0.15, 0.2) is 33.7 Å². The summed E-state index contributed by atoms with van der Waals surface area (Å²) in [7, 11) is 3.70. The molecule has 140 valence electrons. The molecule has 1 amide bonds. The number of carbonyl (C=O) groups is 1. The summed E-state index contributed by atoms with van der Waals surface area (Å²) >= 11 is 3.44. The lowest BCUT2D eigenvalue weighted by molar-refractivity contribution is -0.120. The van der Waals surface area contributed by atoms with E-state index in [1.807, 2.05) is 24.1 Å². The lowest BCUT2D eigenvalue weighted by Gasteiger charge is -2.24. The highest BCUT2D eigenvalue weighted by Crippen LogP contribution is 2.17. The number of guanidine groups is 1. The van der Waals surface area contributed by atoms with E-state index in [1.54, 1.807) is 7.05 Å². The molecule has 7 heteroatoms. The Morgan fingerprint density at radius 1 is 1.24 bits per heavy atom. The molecule has 1 saturated carbocycles. The van der Waals surface area contributed by atoms with Gasteiger partial charge in [0, 0.05) is 31.2 Å². The molecule has 0 spiro atoms. The van der Waals surface area contributed by atoms with Crippen molar-refractivity contribution in [2.75, 3.05) is 20.6 Å². The third-order valence-electron chi connectivity index (χ3n) is 4.28. The first-order valence-electron chi connectivity index (χ1n) is 8.54. The quantitative estimate of drug-likeness (QED) is 0.353. The van der Waals surface area contributed by atoms with E-state index in [4.69, 9.17) is 0 Å². The third-order valence-corrected chi connectivity index (χ3v) is 4.81. The molecule has 25 heavy (non-hydrogen) atoms. The molecule has 0 heterocycles. The van der Waals surface area contributed by atoms with Crippen molar-refractivity contribution < 1.29 is 4.79 Å². The fraction of sp³-hybridized carbons (Fsp3) is 0.556. The van der Waals surface area contributed by atoms with E-state index in [2.05, 4.69) is 43.7 Å². The molecule has 0 saturated heterocycles. The van der Waals surface area contributed by atoms with Gasteiger partial charge in [0.15, 0.2) is 5.96 Å². The van der Waals surface area contributed by atoms with E-state index < -0.39 is 0 Å². The first-order chi connectivity index (χ1) is 11.6. The molecule has 1 fully saturated rings. The average molecular weight is 523 g/mol. The molecule has 2 N–H and O–H groups in total. The lowest BCUT2D eigenvalue weighted by Crippen LogP contribution is -2.46. The molecular weight excluding hydrogens is 495 g/mol. The number of benzene rings is 1. The Morgan fingerprint density at radius 2 is 1.88 bits per heavy atom. The molecule has 1 aliphatic rings. The van der Waals surface area contributed by atoms with Gasteiger partial charge in [0.1, 0.15) is 0 Å². The number of carbonyl (C=O) groups excluding carboxylic acids is 1. The Morgan fingerprint density at radius 3 is 2.48 bits per heavy atom. The number of aliphatic imine (C=N–C) groups is 1. The van der Waals surface area contributed by atoms with Gasteiger partial charge in [-0.15, -0.1) is 24.0 Å². The van der Waals surface area contributed by atoms with Crippen LogP contribution < -0.4 is 10.6 Å². The van der Waals surface area contributed by atoms with Crippen molar-refractivity contribution in [1.82, 2.24) is 15.5 Å². The minimum atomic E-state index is 0. The summed E-state index contributed by atoms with van der Waals surface area (Å²) in [6.45, 7) is 0.991. The van der Waals surface area contributed by atoms with Crippen molar-refractivity contribution in [1.29, 1.82) is 0 Å². The number of nitrogens with zero attached hydrogens (tertiary/aromatic N) is 2. The first kappa shape index (κ1) is 22.2. The van der Waals surface area contributed by atoms with Crippen molar-refractivity contribution >= 4 is 51.8 Å². The molecular formula is C18H28BrIN4O. The van der Waals surface area contributed by atoms with E-state index in [-0.39, 0.29) is 36.4 Å². The molecule has 1 aromatic carbocycles. The Balaban J connectivity index is 0.00000312. The molecule has 0 bridgehead atoms. The van der Waals surface area contributed by atoms with Crippen LogP contribution in [0.1, 0.15) is 37.7 Å². The topological polar surface area (TPSA) is 56.7 Å². The predicted molar refractivity (Wildman–Crippen MR) is 117 cm³/mol. The second kappa shape index (κ2) is 11.7. The Bertz CT molecular complexity index is 559. The largest absolute Gasteiger partial charge is 0.352 e. The van der Waals surface area contributed by atoms with Crippen LogP contribution in [0.2, 0.25) is 0 Å². The van der Waals surface area contributed by atoms with Crippen LogP contribution in [0.3, 0.4) is 0 Å². The summed E-state index contributed by atoms with van der Waals surface area (Å²) in [5.74, 6) is 0.761. The summed E-state index contributed by atoms with van der Waals surface area (Å²) in [5, 5.41) is 6.26. The maximum atomic E-state index is 12.1. The highest BCUT2D eigenvalue weighted by Gasteiger charge is 2.16. The number of hydrogen-bond donors (Lipinski definition) is 2. The average Bonchev–Trinajstić information content (AvgIpc) is 2.58. The van der Waals surface area contributed by atoms with E-state index >= 15 is 0 Å². The zero-order valence-electron chi connectivity index (χ0n) is 14.9. The second-order valence-electron chi connectivity index (χ2n) is 6.29. The Labute approximate surface area is 176 Å². The van der Waals surface area contributed by atoms with E-state index in [0.717, 1.165) is 29.8 Å². The van der Waals surface area contributed by atoms with Crippen molar-refractivity contribution in [2.45, 2.75) is 44.7 Å². The Kier molecular flexibility index (Phi) is 10.4. The molecule has 0 radical (unpaired) electrons. The van der Waals surface area contributed by atoms with Gasteiger partial charge in [-0.2, -0.15) is 0 Å². The van der Waals surface area contributed by atoms with E-state index in [9.17, 15) is 4.79 Å². The van der Waals surface area contributed by atoms with Gasteiger partial charge in [-0.3, -0.25) is 9.79 Å². The van der Waals surface area contributed by atoms with Crippen LogP contribution in [0.5, 0.6) is 0 Å². The van der Waals surface area contributed by atoms with Gasteiger partial charge in [-0.25, -0.2) is 0 Å². The summed E-state index contributed by atoms with van der Waals surface area (Å²) in [6, 6.07) is 8.54. The zero-order valence-corrected chi connectivity index (χ0v) is 18.8. The standard InChI is InChI=1S/C18H27BrN4O.HI/c1-20-18(23(2)13-14-8-10-15(19)11-9-14)21-12-17(24)22-16-6-4-3-5-7-16;/h8-11,16H,3-7,12-13H2,1-2H3,(H,20,21)(H,22,24);1H. The van der Waals surface area contributed by atoms with Gasteiger partial charge in [0.05, 0.1) is 6.54 Å². The fourth-order valence-corrected chi connectivity index (χ4v) is 3.27. The number of halogens is 2. The van der Waals surface area contributed by atoms with Crippen LogP contribution in [0.25, 0.3) is 0 Å². The zero-order chi connectivity index (χ0) is 17.4. The highest BCUT2D eigenvalue weighted by molar-refractivity contribution is 14.0. The highest BCUT2D eigenvalue weighted by atomic mass is 127. The maximum Gasteiger partial charge on any atom is 0.239 e. The molecule has 5 nitrogen and oxygen atoms in total. The van der Waals surface area contributed by atoms with Gasteiger partial charge in [0.2, 0.25) is 5.91 Å². The number of nitrogens with one attached hydrogen (secondary N) is 2. The molecule has 1 aliphatic carbocycles. The van der Waals surface area contributed by atoms with Gasteiger partial charge in [0.25, 0.3) is 0 Å². The smallest absolute Gasteiger partial charge is 0.239 e. The van der Waals surface area contributed by atoms with Crippen LogP contribution in [0, 0.1) is 0 Å². The van der Waals surface area contributed by atoms with Crippen LogP contribution >= 0.6 is 39.9 Å². The van der Waals surface area contributed by atoms with Crippen LogP contribution in [-0.2, 0) is 11.3 Å². The first-order valence-corrected chi connectivity index (χ1v) is 9.33. The molecule has 1 aromatic rings. The predicted octanol–water partition coefficient (Wildman–Crippen LogP) is 3.52. The second-order valence-corrected chi connectivity index (χ2v) is 7.20. The number of amides is 1. The van der Waals surface area contributed by atoms with E-state index in [0.29, 0.717) is 6.04 Å². The molecule has 0 atom stereocenters. The Hall–Kier alpha value is -0.830. The summed E-state index contributed by atoms with van der Waals surface area (Å²) < 4.78 is 1.07. The number of rotatable bonds is 5. The fourth-order valence-electron chi connectivity index (χ4n) is 3.01. The van der Waals surface area contributed by atoms with E-state index in [1.165, 1.54) is 24.8 Å². The summed E-state index contributed by atoms with van der Waals surface area (Å²) in [4.78, 5) is 18.4. The minimum Gasteiger partial charge on any atom is -0.352 e. The van der Waals surface area contributed by atoms with Gasteiger partial charge >= 0.3 is 0 Å². The number of hydrogen-bond acceptors (Lipinski definition) is 2.